The summed E-state index contributed by atoms with van der Waals surface area (Å²) in [4.78, 5) is 0. The molecule has 0 fully saturated rings. The lowest BCUT2D eigenvalue weighted by Crippen LogP contribution is -2.18. The number of rotatable bonds is 13. The second-order valence-electron chi connectivity index (χ2n) is 27.4. The van der Waals surface area contributed by atoms with Crippen molar-refractivity contribution < 1.29 is 18.3 Å². The van der Waals surface area contributed by atoms with Gasteiger partial charge in [-0.2, -0.15) is 5.26 Å². The van der Waals surface area contributed by atoms with Gasteiger partial charge in [0, 0.05) is 88.2 Å². The van der Waals surface area contributed by atoms with Gasteiger partial charge in [0.05, 0.1) is 96.8 Å². The van der Waals surface area contributed by atoms with Gasteiger partial charge in [-0.1, -0.05) is 218 Å². The fourth-order valence-electron chi connectivity index (χ4n) is 17.5. The van der Waals surface area contributed by atoms with Crippen molar-refractivity contribution in [2.75, 3.05) is 13.2 Å². The molecule has 0 N–H and O–H groups in total. The average molecular weight is 1350 g/mol. The summed E-state index contributed by atoms with van der Waals surface area (Å²) >= 11 is 0. The number of para-hydroxylation sites is 12. The molecule has 0 amide bonds. The molecular formula is C95H60N6O4. The molecular weight excluding hydrogens is 1290 g/mol. The minimum absolute atomic E-state index is 0.419. The van der Waals surface area contributed by atoms with E-state index < -0.39 is 0 Å². The van der Waals surface area contributed by atoms with Crippen LogP contribution in [0.4, 0.5) is 0 Å². The number of furan rings is 2. The molecule has 0 aliphatic rings. The van der Waals surface area contributed by atoms with Gasteiger partial charge in [-0.25, -0.2) is 0 Å². The van der Waals surface area contributed by atoms with Crippen molar-refractivity contribution in [2.24, 2.45) is 0 Å². The molecule has 0 aliphatic carbocycles. The Morgan fingerprint density at radius 2 is 0.505 bits per heavy atom. The van der Waals surface area contributed by atoms with Crippen LogP contribution in [-0.2, 0) is 12.8 Å². The molecule has 0 radical (unpaired) electrons. The Kier molecular flexibility index (Phi) is 12.9. The van der Waals surface area contributed by atoms with Gasteiger partial charge in [0.15, 0.2) is 0 Å². The first-order chi connectivity index (χ1) is 52.1. The van der Waals surface area contributed by atoms with Crippen LogP contribution >= 0.6 is 0 Å². The van der Waals surface area contributed by atoms with Crippen LogP contribution in [0, 0.1) is 11.3 Å². The van der Waals surface area contributed by atoms with E-state index in [-0.39, 0.29) is 0 Å². The topological polar surface area (TPSA) is 93.2 Å². The number of hydrogen-bond donors (Lipinski definition) is 0. The Morgan fingerprint density at radius 3 is 0.829 bits per heavy atom. The largest absolute Gasteiger partial charge is 0.493 e. The van der Waals surface area contributed by atoms with Crippen molar-refractivity contribution >= 4 is 153 Å². The molecule has 105 heavy (non-hydrogen) atoms. The first-order valence-corrected chi connectivity index (χ1v) is 35.8. The average Bonchev–Trinajstić information content (AvgIpc) is 1.54. The number of benzene rings is 15. The normalized spacial score (nSPS) is 12.1. The molecule has 0 saturated heterocycles. The standard InChI is InChI=1S/C95H60N6O4/c96-57-76-89(97-77-37-11-1-25-62(77)63-26-2-12-38-78(63)97)91(100-83-43-17-7-31-68(83)74-55-60(47-49-85(74)100)102-53-51-58-23-21-35-72-70-33-9-19-45-87(70)104-94(58)72)93(99-81-41-15-5-29-66(81)67-30-6-16-42-82(67)99)92(90(76)98-79-39-13-3-27-64(79)65-28-4-14-40-80(65)98)101-84-44-18-8-32-69(84)75-56-61(48-50-86(75)101)103-54-52-59-24-22-36-73-71-34-10-20-46-88(71)105-95(59)73/h1-50,55-56H,51-54H2. The number of hydrogen-bond acceptors (Lipinski definition) is 5. The van der Waals surface area contributed by atoms with Crippen molar-refractivity contribution in [2.45, 2.75) is 12.8 Å². The predicted molar refractivity (Wildman–Crippen MR) is 429 cm³/mol. The lowest BCUT2D eigenvalue weighted by molar-refractivity contribution is 0.322. The molecule has 0 atom stereocenters. The highest BCUT2D eigenvalue weighted by molar-refractivity contribution is 6.19. The third-order valence-corrected chi connectivity index (χ3v) is 21.9. The number of fused-ring (bicyclic) bond motifs is 21. The van der Waals surface area contributed by atoms with Crippen LogP contribution in [-0.4, -0.2) is 36.0 Å². The van der Waals surface area contributed by atoms with Crippen molar-refractivity contribution in [1.82, 2.24) is 22.8 Å². The molecule has 7 aromatic heterocycles. The SMILES string of the molecule is N#Cc1c(-n2c3ccccc3c3ccccc32)c(-n2c3ccccc3c3cc(OCCc4cccc5c4oc4ccccc45)ccc32)c(-n2c3ccccc3c3ccccc32)c(-n2c3ccccc3c3cc(OCCc4cccc5c4oc4ccccc45)ccc32)c1-n1c2ccccc2c2ccccc21. The van der Waals surface area contributed by atoms with E-state index in [2.05, 4.69) is 320 Å². The van der Waals surface area contributed by atoms with Gasteiger partial charge in [0.25, 0.3) is 0 Å². The van der Waals surface area contributed by atoms with Gasteiger partial charge < -0.3 is 41.1 Å². The lowest BCUT2D eigenvalue weighted by atomic mass is 10.0. The smallest absolute Gasteiger partial charge is 0.138 e. The maximum Gasteiger partial charge on any atom is 0.138 e. The van der Waals surface area contributed by atoms with E-state index in [0.717, 1.165) is 193 Å². The van der Waals surface area contributed by atoms with Gasteiger partial charge >= 0.3 is 0 Å². The molecule has 0 aliphatic heterocycles. The van der Waals surface area contributed by atoms with Gasteiger partial charge in [-0.15, -0.1) is 0 Å². The Balaban J connectivity index is 0.871. The van der Waals surface area contributed by atoms with E-state index in [1.54, 1.807) is 0 Å². The zero-order valence-electron chi connectivity index (χ0n) is 56.7. The highest BCUT2D eigenvalue weighted by Crippen LogP contribution is 2.52. The van der Waals surface area contributed by atoms with Crippen LogP contribution in [0.5, 0.6) is 11.5 Å². The fraction of sp³-hybridized carbons (Fsp3) is 0.0421. The third kappa shape index (κ3) is 8.64. The third-order valence-electron chi connectivity index (χ3n) is 21.9. The van der Waals surface area contributed by atoms with E-state index in [9.17, 15) is 5.26 Å². The highest BCUT2D eigenvalue weighted by Gasteiger charge is 2.37. The highest BCUT2D eigenvalue weighted by atomic mass is 16.5. The summed E-state index contributed by atoms with van der Waals surface area (Å²) in [6, 6.07) is 115. The zero-order chi connectivity index (χ0) is 69.0. The van der Waals surface area contributed by atoms with Crippen LogP contribution in [0.15, 0.2) is 324 Å². The summed E-state index contributed by atoms with van der Waals surface area (Å²) in [7, 11) is 0. The van der Waals surface area contributed by atoms with E-state index in [1.807, 2.05) is 24.3 Å². The number of aromatic nitrogens is 5. The van der Waals surface area contributed by atoms with E-state index in [1.165, 1.54) is 0 Å². The summed E-state index contributed by atoms with van der Waals surface area (Å²) in [6.07, 6.45) is 1.27. The monoisotopic (exact) mass is 1350 g/mol. The first-order valence-electron chi connectivity index (χ1n) is 35.8. The maximum atomic E-state index is 13.4. The van der Waals surface area contributed by atoms with Crippen LogP contribution in [0.25, 0.3) is 181 Å². The molecule has 7 heterocycles. The van der Waals surface area contributed by atoms with E-state index in [4.69, 9.17) is 18.3 Å². The predicted octanol–water partition coefficient (Wildman–Crippen LogP) is 24.1. The summed E-state index contributed by atoms with van der Waals surface area (Å²) in [5.41, 5.74) is 19.6. The molecule has 10 heteroatoms. The van der Waals surface area contributed by atoms with Crippen LogP contribution in [0.1, 0.15) is 16.7 Å². The Labute approximate surface area is 600 Å². The summed E-state index contributed by atoms with van der Waals surface area (Å²) in [5, 5.41) is 28.3. The zero-order valence-corrected chi connectivity index (χ0v) is 56.7. The lowest BCUT2D eigenvalue weighted by Gasteiger charge is -2.30. The molecule has 0 bridgehead atoms. The molecule has 0 spiro atoms. The number of nitriles is 1. The van der Waals surface area contributed by atoms with Crippen LogP contribution in [0.2, 0.25) is 0 Å². The number of nitrogens with zero attached hydrogens (tertiary/aromatic N) is 6. The van der Waals surface area contributed by atoms with Crippen molar-refractivity contribution in [3.05, 3.63) is 332 Å². The summed E-state index contributed by atoms with van der Waals surface area (Å²) in [5.74, 6) is 1.48. The van der Waals surface area contributed by atoms with E-state index >= 15 is 0 Å². The minimum Gasteiger partial charge on any atom is -0.493 e. The Hall–Kier alpha value is -14.0. The van der Waals surface area contributed by atoms with Crippen molar-refractivity contribution in [1.29, 1.82) is 5.26 Å². The Morgan fingerprint density at radius 1 is 0.248 bits per heavy atom. The molecule has 15 aromatic carbocycles. The summed E-state index contributed by atoms with van der Waals surface area (Å²) in [6.45, 7) is 0.837. The quantitative estimate of drug-likeness (QED) is 0.115. The number of ether oxygens (including phenoxy) is 2. The molecule has 10 nitrogen and oxygen atoms in total. The second kappa shape index (κ2) is 23.0. The fourth-order valence-corrected chi connectivity index (χ4v) is 17.5. The van der Waals surface area contributed by atoms with Crippen molar-refractivity contribution in [3.8, 4) is 46.0 Å². The second-order valence-corrected chi connectivity index (χ2v) is 27.4. The maximum absolute atomic E-state index is 13.4. The molecule has 494 valence electrons. The molecule has 22 aromatic rings. The van der Waals surface area contributed by atoms with E-state index in [0.29, 0.717) is 43.0 Å². The van der Waals surface area contributed by atoms with Crippen LogP contribution in [0.3, 0.4) is 0 Å². The van der Waals surface area contributed by atoms with Crippen LogP contribution < -0.4 is 9.47 Å². The minimum atomic E-state index is 0.419. The summed E-state index contributed by atoms with van der Waals surface area (Å²) < 4.78 is 39.1. The first kappa shape index (κ1) is 58.8. The molecule has 0 saturated carbocycles. The molecule has 22 rings (SSSR count). The van der Waals surface area contributed by atoms with Gasteiger partial charge in [0.2, 0.25) is 0 Å². The Bertz CT molecular complexity index is 6930. The molecule has 0 unspecified atom stereocenters. The van der Waals surface area contributed by atoms with Crippen molar-refractivity contribution in [3.63, 3.8) is 0 Å². The van der Waals surface area contributed by atoms with Gasteiger partial charge in [0.1, 0.15) is 45.5 Å². The van der Waals surface area contributed by atoms with Gasteiger partial charge in [-0.05, 0) is 108 Å². The van der Waals surface area contributed by atoms with Gasteiger partial charge in [-0.3, -0.25) is 0 Å².